The first-order chi connectivity index (χ1) is 17.4. The first-order valence-electron chi connectivity index (χ1n) is 11.3. The molecule has 3 heterocycles. The fourth-order valence-corrected chi connectivity index (χ4v) is 5.22. The summed E-state index contributed by atoms with van der Waals surface area (Å²) in [4.78, 5) is 9.07. The zero-order valence-corrected chi connectivity index (χ0v) is 20.1. The standard InChI is InChI=1S/C25H23F2N7OS/c1-14(28)18-6-5-16(26)10-20(18)19-4-2-3-15-9-22(36-24(15)19)23-21(27)12-30-25(32-23)29-7-8-34-17(13-35)11-31-33-34/h2-6,9-12,14,35H,7-8,13,28H2,1H3,(H,29,30,32)/t14-/m0/s1. The van der Waals surface area contributed by atoms with Crippen LogP contribution in [0.5, 0.6) is 0 Å². The second-order valence-electron chi connectivity index (χ2n) is 8.28. The number of nitrogens with one attached hydrogen (secondary N) is 1. The molecule has 0 saturated heterocycles. The van der Waals surface area contributed by atoms with Gasteiger partial charge in [0.15, 0.2) is 5.82 Å². The molecular weight excluding hydrogens is 484 g/mol. The fourth-order valence-electron chi connectivity index (χ4n) is 4.04. The van der Waals surface area contributed by atoms with Crippen molar-refractivity contribution in [2.75, 3.05) is 11.9 Å². The van der Waals surface area contributed by atoms with Gasteiger partial charge in [-0.25, -0.2) is 23.4 Å². The molecular formula is C25H23F2N7OS. The maximum Gasteiger partial charge on any atom is 0.223 e. The van der Waals surface area contributed by atoms with Crippen LogP contribution in [-0.2, 0) is 13.2 Å². The highest BCUT2D eigenvalue weighted by atomic mass is 32.1. The van der Waals surface area contributed by atoms with E-state index in [1.54, 1.807) is 10.7 Å². The maximum atomic E-state index is 14.8. The van der Waals surface area contributed by atoms with Crippen LogP contribution in [-0.4, -0.2) is 36.6 Å². The van der Waals surface area contributed by atoms with Crippen LogP contribution in [0.2, 0.25) is 0 Å². The fraction of sp³-hybridized carbons (Fsp3) is 0.200. The van der Waals surface area contributed by atoms with Gasteiger partial charge in [0.2, 0.25) is 5.95 Å². The summed E-state index contributed by atoms with van der Waals surface area (Å²) in [5.41, 5.74) is 9.28. The van der Waals surface area contributed by atoms with Crippen molar-refractivity contribution in [2.45, 2.75) is 26.1 Å². The molecule has 184 valence electrons. The molecule has 11 heteroatoms. The minimum atomic E-state index is -0.547. The molecule has 0 radical (unpaired) electrons. The molecule has 36 heavy (non-hydrogen) atoms. The molecule has 0 bridgehead atoms. The number of aliphatic hydroxyl groups excluding tert-OH is 1. The zero-order chi connectivity index (χ0) is 25.2. The molecule has 0 aliphatic rings. The Bertz CT molecular complexity index is 1530. The predicted octanol–water partition coefficient (Wildman–Crippen LogP) is 4.52. The van der Waals surface area contributed by atoms with Gasteiger partial charge in [-0.2, -0.15) is 0 Å². The van der Waals surface area contributed by atoms with Crippen LogP contribution in [0.1, 0.15) is 24.2 Å². The lowest BCUT2D eigenvalue weighted by Gasteiger charge is -2.14. The number of thiophene rings is 1. The van der Waals surface area contributed by atoms with E-state index in [0.717, 1.165) is 27.4 Å². The molecule has 4 N–H and O–H groups in total. The van der Waals surface area contributed by atoms with Gasteiger partial charge in [-0.05, 0) is 47.2 Å². The molecule has 0 amide bonds. The van der Waals surface area contributed by atoms with Gasteiger partial charge in [-0.1, -0.05) is 29.5 Å². The quantitative estimate of drug-likeness (QED) is 0.283. The Balaban J connectivity index is 1.47. The molecule has 2 aromatic carbocycles. The third-order valence-corrected chi connectivity index (χ3v) is 6.98. The van der Waals surface area contributed by atoms with Crippen LogP contribution in [0.4, 0.5) is 14.7 Å². The molecule has 3 aromatic heterocycles. The van der Waals surface area contributed by atoms with Crippen molar-refractivity contribution >= 4 is 27.4 Å². The molecule has 5 aromatic rings. The van der Waals surface area contributed by atoms with Gasteiger partial charge >= 0.3 is 0 Å². The van der Waals surface area contributed by atoms with Crippen LogP contribution < -0.4 is 11.1 Å². The Hall–Kier alpha value is -3.80. The van der Waals surface area contributed by atoms with Gasteiger partial charge < -0.3 is 16.2 Å². The summed E-state index contributed by atoms with van der Waals surface area (Å²) in [7, 11) is 0. The molecule has 1 atom stereocenters. The summed E-state index contributed by atoms with van der Waals surface area (Å²) in [6.45, 7) is 2.51. The lowest BCUT2D eigenvalue weighted by Crippen LogP contribution is -2.15. The monoisotopic (exact) mass is 507 g/mol. The van der Waals surface area contributed by atoms with E-state index < -0.39 is 5.82 Å². The van der Waals surface area contributed by atoms with E-state index in [0.29, 0.717) is 29.2 Å². The van der Waals surface area contributed by atoms with Gasteiger partial charge in [0.05, 0.1) is 36.1 Å². The number of rotatable bonds is 8. The van der Waals surface area contributed by atoms with Crippen LogP contribution in [0.15, 0.2) is 54.9 Å². The summed E-state index contributed by atoms with van der Waals surface area (Å²) >= 11 is 1.38. The molecule has 0 unspecified atom stereocenters. The van der Waals surface area contributed by atoms with E-state index in [1.807, 2.05) is 31.2 Å². The molecule has 0 aliphatic carbocycles. The van der Waals surface area contributed by atoms with E-state index in [1.165, 1.54) is 29.7 Å². The van der Waals surface area contributed by atoms with Crippen LogP contribution in [0.25, 0.3) is 31.8 Å². The zero-order valence-electron chi connectivity index (χ0n) is 19.3. The number of hydrogen-bond donors (Lipinski definition) is 3. The summed E-state index contributed by atoms with van der Waals surface area (Å²) in [5.74, 6) is -0.633. The average Bonchev–Trinajstić information content (AvgIpc) is 3.51. The van der Waals surface area contributed by atoms with Crippen LogP contribution in [0, 0.1) is 11.6 Å². The number of fused-ring (bicyclic) bond motifs is 1. The molecule has 0 spiro atoms. The van der Waals surface area contributed by atoms with Gasteiger partial charge in [-0.3, -0.25) is 0 Å². The van der Waals surface area contributed by atoms with E-state index in [-0.39, 0.29) is 30.1 Å². The van der Waals surface area contributed by atoms with Gasteiger partial charge in [0.25, 0.3) is 0 Å². The molecule has 0 saturated carbocycles. The number of anilines is 1. The minimum absolute atomic E-state index is 0.167. The smallest absolute Gasteiger partial charge is 0.223 e. The number of hydrogen-bond acceptors (Lipinski definition) is 8. The summed E-state index contributed by atoms with van der Waals surface area (Å²) < 4.78 is 31.4. The molecule has 0 aliphatic heterocycles. The number of benzene rings is 2. The van der Waals surface area contributed by atoms with Crippen molar-refractivity contribution in [3.05, 3.63) is 77.8 Å². The van der Waals surface area contributed by atoms with Crippen LogP contribution in [0.3, 0.4) is 0 Å². The normalized spacial score (nSPS) is 12.2. The van der Waals surface area contributed by atoms with E-state index in [4.69, 9.17) is 5.73 Å². The van der Waals surface area contributed by atoms with Gasteiger partial charge in [0.1, 0.15) is 11.5 Å². The summed E-state index contributed by atoms with van der Waals surface area (Å²) in [6, 6.07) is 11.9. The molecule has 0 fully saturated rings. The number of nitrogens with zero attached hydrogens (tertiary/aromatic N) is 5. The third kappa shape index (κ3) is 4.68. The Labute approximate surface area is 209 Å². The van der Waals surface area contributed by atoms with E-state index in [2.05, 4.69) is 25.6 Å². The second-order valence-corrected chi connectivity index (χ2v) is 9.33. The Kier molecular flexibility index (Phi) is 6.68. The first-order valence-corrected chi connectivity index (χ1v) is 12.1. The first kappa shape index (κ1) is 23.9. The lowest BCUT2D eigenvalue weighted by atomic mass is 9.95. The van der Waals surface area contributed by atoms with Crippen molar-refractivity contribution in [1.82, 2.24) is 25.0 Å². The minimum Gasteiger partial charge on any atom is -0.390 e. The SMILES string of the molecule is C[C@H](N)c1ccc(F)cc1-c1cccc2cc(-c3nc(NCCn4nncc4CO)ncc3F)sc12. The lowest BCUT2D eigenvalue weighted by molar-refractivity contribution is 0.268. The van der Waals surface area contributed by atoms with Crippen LogP contribution >= 0.6 is 11.3 Å². The third-order valence-electron chi connectivity index (χ3n) is 5.78. The number of aliphatic hydroxyl groups is 1. The van der Waals surface area contributed by atoms with Crippen molar-refractivity contribution in [1.29, 1.82) is 0 Å². The summed E-state index contributed by atoms with van der Waals surface area (Å²) in [6.07, 6.45) is 2.62. The Morgan fingerprint density at radius 3 is 2.81 bits per heavy atom. The van der Waals surface area contributed by atoms with E-state index >= 15 is 0 Å². The van der Waals surface area contributed by atoms with Gasteiger partial charge in [0, 0.05) is 17.3 Å². The highest BCUT2D eigenvalue weighted by Gasteiger charge is 2.18. The van der Waals surface area contributed by atoms with Crippen molar-refractivity contribution in [3.63, 3.8) is 0 Å². The van der Waals surface area contributed by atoms with Crippen molar-refractivity contribution < 1.29 is 13.9 Å². The van der Waals surface area contributed by atoms with E-state index in [9.17, 15) is 13.9 Å². The molecule has 8 nitrogen and oxygen atoms in total. The largest absolute Gasteiger partial charge is 0.390 e. The van der Waals surface area contributed by atoms with Gasteiger partial charge in [-0.15, -0.1) is 16.4 Å². The second kappa shape index (κ2) is 10.1. The number of aromatic nitrogens is 5. The highest BCUT2D eigenvalue weighted by Crippen LogP contribution is 2.41. The average molecular weight is 508 g/mol. The maximum absolute atomic E-state index is 14.8. The number of nitrogens with two attached hydrogens (primary N) is 1. The van der Waals surface area contributed by atoms with Crippen molar-refractivity contribution in [2.24, 2.45) is 5.73 Å². The Morgan fingerprint density at radius 1 is 1.14 bits per heavy atom. The van der Waals surface area contributed by atoms with Crippen molar-refractivity contribution in [3.8, 4) is 21.7 Å². The predicted molar refractivity (Wildman–Crippen MR) is 135 cm³/mol. The Morgan fingerprint density at radius 2 is 2.00 bits per heavy atom. The highest BCUT2D eigenvalue weighted by molar-refractivity contribution is 7.22. The number of halogens is 2. The topological polar surface area (TPSA) is 115 Å². The molecule has 5 rings (SSSR count). The summed E-state index contributed by atoms with van der Waals surface area (Å²) in [5, 5.41) is 20.9.